The predicted molar refractivity (Wildman–Crippen MR) is 143 cm³/mol. The predicted octanol–water partition coefficient (Wildman–Crippen LogP) is 5.72. The number of anilines is 1. The summed E-state index contributed by atoms with van der Waals surface area (Å²) in [6, 6.07) is 11.2. The second kappa shape index (κ2) is 11.4. The molecule has 226 valence electrons. The molecule has 3 aromatic rings. The normalized spacial score (nSPS) is 17.0. The van der Waals surface area contributed by atoms with Gasteiger partial charge in [0.15, 0.2) is 6.61 Å². The van der Waals surface area contributed by atoms with Crippen LogP contribution in [0.3, 0.4) is 0 Å². The number of piperazine rings is 1. The molecule has 8 nitrogen and oxygen atoms in total. The van der Waals surface area contributed by atoms with Gasteiger partial charge in [-0.15, -0.1) is 13.2 Å². The number of carbonyl (C=O) groups excluding carboxylic acids is 3. The van der Waals surface area contributed by atoms with Crippen molar-refractivity contribution in [1.29, 1.82) is 0 Å². The highest BCUT2D eigenvalue weighted by Gasteiger charge is 2.40. The molecule has 1 unspecified atom stereocenters. The highest BCUT2D eigenvalue weighted by Crippen LogP contribution is 2.35. The molecule has 2 aliphatic rings. The number of nitrogens with one attached hydrogen (secondary N) is 1. The van der Waals surface area contributed by atoms with Crippen LogP contribution in [0.25, 0.3) is 11.1 Å². The molecule has 0 bridgehead atoms. The van der Waals surface area contributed by atoms with Crippen molar-refractivity contribution in [3.8, 4) is 22.6 Å². The Bertz CT molecular complexity index is 1600. The molecular weight excluding hydrogens is 652 g/mol. The van der Waals surface area contributed by atoms with E-state index in [1.54, 1.807) is 0 Å². The van der Waals surface area contributed by atoms with Crippen molar-refractivity contribution in [2.24, 2.45) is 0 Å². The Morgan fingerprint density at radius 1 is 0.953 bits per heavy atom. The number of hydrogen-bond acceptors (Lipinski definition) is 5. The molecule has 3 aromatic carbocycles. The van der Waals surface area contributed by atoms with Gasteiger partial charge in [0.1, 0.15) is 17.5 Å². The first kappa shape index (κ1) is 30.2. The highest BCUT2D eigenvalue weighted by molar-refractivity contribution is 9.10. The van der Waals surface area contributed by atoms with Crippen LogP contribution >= 0.6 is 15.9 Å². The van der Waals surface area contributed by atoms with E-state index in [4.69, 9.17) is 4.74 Å². The number of rotatable bonds is 5. The molecule has 0 aliphatic carbocycles. The molecule has 2 heterocycles. The molecule has 1 N–H and O–H groups in total. The molecular formula is C28H20BrF6N3O5. The van der Waals surface area contributed by atoms with Gasteiger partial charge in [-0.25, -0.2) is 0 Å². The van der Waals surface area contributed by atoms with E-state index in [2.05, 4.69) is 26.0 Å². The maximum atomic E-state index is 13.5. The minimum Gasteiger partial charge on any atom is -0.483 e. The molecule has 5 rings (SSSR count). The molecule has 15 heteroatoms. The summed E-state index contributed by atoms with van der Waals surface area (Å²) >= 11 is 3.07. The van der Waals surface area contributed by atoms with E-state index in [0.29, 0.717) is 5.56 Å². The van der Waals surface area contributed by atoms with E-state index < -0.39 is 54.2 Å². The highest BCUT2D eigenvalue weighted by atomic mass is 79.9. The topological polar surface area (TPSA) is 88.2 Å². The van der Waals surface area contributed by atoms with Crippen LogP contribution in [0.15, 0.2) is 65.1 Å². The van der Waals surface area contributed by atoms with Gasteiger partial charge in [-0.3, -0.25) is 14.4 Å². The van der Waals surface area contributed by atoms with E-state index in [1.807, 2.05) is 0 Å². The van der Waals surface area contributed by atoms with Crippen LogP contribution in [-0.4, -0.2) is 66.2 Å². The summed E-state index contributed by atoms with van der Waals surface area (Å²) in [5.74, 6) is -2.02. The standard InChI is InChI=1S/C28H20BrF6N3O5/c29-20-12-18(43-28(33,34)35)5-7-23(20)42-14-24(39)37-8-9-38-22(13-37)25(40)36-21-6-4-16(11-19(21)26(38)41)15-2-1-3-17(10-15)27(30,31)32/h1-7,10-12,22H,8-9,13-14H2,(H,36,40). The molecule has 0 saturated carbocycles. The Kier molecular flexibility index (Phi) is 8.03. The first-order valence-corrected chi connectivity index (χ1v) is 13.4. The molecule has 2 aliphatic heterocycles. The van der Waals surface area contributed by atoms with Crippen molar-refractivity contribution in [3.05, 3.63) is 76.3 Å². The number of benzene rings is 3. The lowest BCUT2D eigenvalue weighted by Gasteiger charge is -2.39. The first-order valence-electron chi connectivity index (χ1n) is 12.6. The van der Waals surface area contributed by atoms with E-state index in [9.17, 15) is 40.7 Å². The first-order chi connectivity index (χ1) is 20.2. The fourth-order valence-corrected chi connectivity index (χ4v) is 5.23. The molecule has 0 aromatic heterocycles. The summed E-state index contributed by atoms with van der Waals surface area (Å²) < 4.78 is 86.4. The number of carbonyl (C=O) groups is 3. The Balaban J connectivity index is 1.27. The minimum absolute atomic E-state index is 0.0109. The molecule has 1 saturated heterocycles. The fourth-order valence-electron chi connectivity index (χ4n) is 4.76. The molecule has 1 fully saturated rings. The van der Waals surface area contributed by atoms with Crippen LogP contribution in [0.5, 0.6) is 11.5 Å². The van der Waals surface area contributed by atoms with Crippen LogP contribution in [0.2, 0.25) is 0 Å². The van der Waals surface area contributed by atoms with E-state index in [-0.39, 0.29) is 46.7 Å². The zero-order valence-electron chi connectivity index (χ0n) is 21.8. The third-order valence-corrected chi connectivity index (χ3v) is 7.44. The molecule has 1 atom stereocenters. The molecule has 3 amide bonds. The summed E-state index contributed by atoms with van der Waals surface area (Å²) in [6.45, 7) is -0.613. The minimum atomic E-state index is -4.88. The van der Waals surface area contributed by atoms with Gasteiger partial charge in [-0.1, -0.05) is 18.2 Å². The lowest BCUT2D eigenvalue weighted by atomic mass is 9.99. The monoisotopic (exact) mass is 671 g/mol. The quantitative estimate of drug-likeness (QED) is 0.351. The Hall–Kier alpha value is -4.27. The average Bonchev–Trinajstić information content (AvgIpc) is 3.04. The number of amides is 3. The number of nitrogens with zero attached hydrogens (tertiary/aromatic N) is 2. The SMILES string of the molecule is O=C1Nc2ccc(-c3cccc(C(F)(F)F)c3)cc2C(=O)N2CCN(C(=O)COc3ccc(OC(F)(F)F)cc3Br)CC12. The number of fused-ring (bicyclic) bond motifs is 2. The Labute approximate surface area is 248 Å². The van der Waals surface area contributed by atoms with E-state index in [0.717, 1.165) is 24.3 Å². The number of alkyl halides is 6. The van der Waals surface area contributed by atoms with Crippen LogP contribution in [0, 0.1) is 0 Å². The van der Waals surface area contributed by atoms with Crippen LogP contribution in [0.1, 0.15) is 15.9 Å². The van der Waals surface area contributed by atoms with Gasteiger partial charge < -0.3 is 24.6 Å². The molecule has 0 radical (unpaired) electrons. The maximum Gasteiger partial charge on any atom is 0.573 e. The van der Waals surface area contributed by atoms with Gasteiger partial charge in [0.2, 0.25) is 5.91 Å². The van der Waals surface area contributed by atoms with Crippen molar-refractivity contribution in [2.75, 3.05) is 31.6 Å². The molecule has 43 heavy (non-hydrogen) atoms. The maximum absolute atomic E-state index is 13.5. The number of halogens is 7. The van der Waals surface area contributed by atoms with Gasteiger partial charge in [-0.05, 0) is 69.5 Å². The van der Waals surface area contributed by atoms with Gasteiger partial charge in [0.05, 0.1) is 27.8 Å². The van der Waals surface area contributed by atoms with Crippen molar-refractivity contribution in [2.45, 2.75) is 18.6 Å². The lowest BCUT2D eigenvalue weighted by Crippen LogP contribution is -2.60. The van der Waals surface area contributed by atoms with Gasteiger partial charge in [0, 0.05) is 13.1 Å². The van der Waals surface area contributed by atoms with E-state index >= 15 is 0 Å². The van der Waals surface area contributed by atoms with Crippen LogP contribution in [0.4, 0.5) is 32.0 Å². The van der Waals surface area contributed by atoms with Gasteiger partial charge in [-0.2, -0.15) is 13.2 Å². The van der Waals surface area contributed by atoms with E-state index in [1.165, 1.54) is 46.2 Å². The van der Waals surface area contributed by atoms with Crippen LogP contribution in [-0.2, 0) is 15.8 Å². The average molecular weight is 672 g/mol. The Morgan fingerprint density at radius 2 is 1.70 bits per heavy atom. The van der Waals surface area contributed by atoms with Gasteiger partial charge in [0.25, 0.3) is 11.8 Å². The summed E-state index contributed by atoms with van der Waals surface area (Å²) in [5, 5.41) is 2.66. The largest absolute Gasteiger partial charge is 0.573 e. The van der Waals surface area contributed by atoms with Crippen molar-refractivity contribution < 1.29 is 50.2 Å². The van der Waals surface area contributed by atoms with Crippen molar-refractivity contribution in [1.82, 2.24) is 9.80 Å². The van der Waals surface area contributed by atoms with Crippen molar-refractivity contribution >= 4 is 39.3 Å². The second-order valence-corrected chi connectivity index (χ2v) is 10.5. The zero-order chi connectivity index (χ0) is 31.1. The smallest absolute Gasteiger partial charge is 0.483 e. The Morgan fingerprint density at radius 3 is 2.40 bits per heavy atom. The summed E-state index contributed by atoms with van der Waals surface area (Å²) in [7, 11) is 0. The molecule has 0 spiro atoms. The summed E-state index contributed by atoms with van der Waals surface area (Å²) in [5.41, 5.74) is 0.0215. The third kappa shape index (κ3) is 6.71. The number of ether oxygens (including phenoxy) is 2. The summed E-state index contributed by atoms with van der Waals surface area (Å²) in [4.78, 5) is 42.1. The second-order valence-electron chi connectivity index (χ2n) is 9.61. The van der Waals surface area contributed by atoms with Gasteiger partial charge >= 0.3 is 12.5 Å². The fraction of sp³-hybridized carbons (Fsp3) is 0.250. The lowest BCUT2D eigenvalue weighted by molar-refractivity contribution is -0.274. The summed E-state index contributed by atoms with van der Waals surface area (Å²) in [6.07, 6.45) is -9.43. The third-order valence-electron chi connectivity index (χ3n) is 6.82. The van der Waals surface area contributed by atoms with Crippen molar-refractivity contribution in [3.63, 3.8) is 0 Å². The zero-order valence-corrected chi connectivity index (χ0v) is 23.3. The number of hydrogen-bond donors (Lipinski definition) is 1. The van der Waals surface area contributed by atoms with Crippen LogP contribution < -0.4 is 14.8 Å².